The van der Waals surface area contributed by atoms with Gasteiger partial charge in [0.05, 0.1) is 27.5 Å². The Morgan fingerprint density at radius 3 is 1.41 bits per heavy atom. The maximum Gasteiger partial charge on any atom is 0.0725 e. The molecule has 0 saturated heterocycles. The summed E-state index contributed by atoms with van der Waals surface area (Å²) in [6.45, 7) is 15.2. The summed E-state index contributed by atoms with van der Waals surface area (Å²) in [6.07, 6.45) is 21.8. The third-order valence-electron chi connectivity index (χ3n) is 20.9. The maximum absolute atomic E-state index is 4.05. The van der Waals surface area contributed by atoms with E-state index < -0.39 is 5.41 Å². The molecule has 1 unspecified atom stereocenters. The molecule has 0 bridgehead atoms. The molecule has 13 aromatic rings. The topological polar surface area (TPSA) is 9.86 Å². The minimum absolute atomic E-state index is 0.264. The number of hydrogen-bond acceptors (Lipinski definition) is 0. The normalized spacial score (nSPS) is 14.4. The van der Waals surface area contributed by atoms with E-state index in [4.69, 9.17) is 0 Å². The van der Waals surface area contributed by atoms with Gasteiger partial charge in [-0.2, -0.15) is 0 Å². The van der Waals surface area contributed by atoms with Crippen LogP contribution in [0.5, 0.6) is 0 Å². The number of para-hydroxylation sites is 2. The predicted molar refractivity (Wildman–Crippen MR) is 395 cm³/mol. The van der Waals surface area contributed by atoms with Crippen LogP contribution in [-0.4, -0.2) is 9.13 Å². The van der Waals surface area contributed by atoms with Gasteiger partial charge in [0.2, 0.25) is 0 Å². The molecule has 0 N–H and O–H groups in total. The van der Waals surface area contributed by atoms with Crippen LogP contribution in [0.2, 0.25) is 0 Å². The average Bonchev–Trinajstić information content (AvgIpc) is 1.51. The largest absolute Gasteiger partial charge is 0.313 e. The standard InChI is InChI=1S/C90H78N2/c1-6-10-12-14-22-62-32-43-73-74-44-33-63(23-15-13-11-7-2)54-84(74)90(83(73)53-62)81-45-36-68(64-34-41-72(42-35-64)91-86-30-18-16-28-75(86)79-57-70(39-48-88(79)91)65-26-20-24-60(8-3)51-65)55-77(81)78-56-69(37-46-82(78)90)67-38-47-85(59(5)50-67)92-87-31-19-17-29-76(87)80-58-71(40-49-89(80)92)66-27-21-25-61(9-4)52-66/h8-9,16-21,24-49,51-59H,3-4,6-7,10-15,22-23,50H2,1-2,5H3. The molecular weight excluding hydrogens is 1110 g/mol. The number of fused-ring (bicyclic) bond motifs is 16. The van der Waals surface area contributed by atoms with Crippen LogP contribution in [0, 0.1) is 5.92 Å². The minimum atomic E-state index is -0.466. The Morgan fingerprint density at radius 1 is 0.380 bits per heavy atom. The summed E-state index contributed by atoms with van der Waals surface area (Å²) in [4.78, 5) is 0. The Labute approximate surface area is 542 Å². The van der Waals surface area contributed by atoms with E-state index in [1.807, 2.05) is 12.2 Å². The zero-order valence-corrected chi connectivity index (χ0v) is 53.4. The lowest BCUT2D eigenvalue weighted by atomic mass is 9.69. The summed E-state index contributed by atoms with van der Waals surface area (Å²) in [5, 5.41) is 5.05. The Kier molecular flexibility index (Phi) is 14.7. The number of aryl methyl sites for hydroxylation is 2. The number of nitrogens with zero attached hydrogens (tertiary/aromatic N) is 2. The number of aromatic nitrogens is 2. The Morgan fingerprint density at radius 2 is 0.859 bits per heavy atom. The van der Waals surface area contributed by atoms with Crippen LogP contribution in [0.3, 0.4) is 0 Å². The van der Waals surface area contributed by atoms with Gasteiger partial charge in [-0.15, -0.1) is 0 Å². The summed E-state index contributed by atoms with van der Waals surface area (Å²) >= 11 is 0. The third-order valence-corrected chi connectivity index (χ3v) is 20.9. The molecule has 92 heavy (non-hydrogen) atoms. The molecule has 2 nitrogen and oxygen atoms in total. The lowest BCUT2D eigenvalue weighted by molar-refractivity contribution is 0.665. The molecular formula is C90H78N2. The Balaban J connectivity index is 0.831. The number of rotatable bonds is 18. The van der Waals surface area contributed by atoms with E-state index in [0.717, 1.165) is 36.1 Å². The van der Waals surface area contributed by atoms with Crippen molar-refractivity contribution in [3.05, 3.63) is 306 Å². The van der Waals surface area contributed by atoms with Crippen molar-refractivity contribution in [2.75, 3.05) is 0 Å². The first-order chi connectivity index (χ1) is 45.3. The van der Waals surface area contributed by atoms with Gasteiger partial charge in [-0.25, -0.2) is 0 Å². The summed E-state index contributed by atoms with van der Waals surface area (Å²) < 4.78 is 4.98. The Bertz CT molecular complexity index is 5100. The lowest BCUT2D eigenvalue weighted by Crippen LogP contribution is -2.26. The van der Waals surface area contributed by atoms with Crippen molar-refractivity contribution in [2.24, 2.45) is 5.92 Å². The molecule has 0 saturated carbocycles. The van der Waals surface area contributed by atoms with Gasteiger partial charge in [0, 0.05) is 38.8 Å². The van der Waals surface area contributed by atoms with Crippen molar-refractivity contribution in [1.82, 2.24) is 9.13 Å². The van der Waals surface area contributed by atoms with Crippen LogP contribution in [0.25, 0.3) is 128 Å². The van der Waals surface area contributed by atoms with E-state index in [1.54, 1.807) is 0 Å². The van der Waals surface area contributed by atoms with Crippen LogP contribution in [-0.2, 0) is 18.3 Å². The molecule has 1 spiro atoms. The Hall–Kier alpha value is -10.0. The van der Waals surface area contributed by atoms with E-state index in [0.29, 0.717) is 0 Å². The molecule has 448 valence electrons. The van der Waals surface area contributed by atoms with Crippen molar-refractivity contribution in [3.63, 3.8) is 0 Å². The molecule has 0 amide bonds. The molecule has 0 aliphatic heterocycles. The van der Waals surface area contributed by atoms with E-state index in [1.165, 1.54) is 201 Å². The average molecular weight is 1190 g/mol. The third kappa shape index (κ3) is 9.52. The molecule has 0 radical (unpaired) electrons. The highest BCUT2D eigenvalue weighted by Crippen LogP contribution is 2.64. The number of benzene rings is 11. The SMILES string of the molecule is C=Cc1cccc(-c2ccc3c(c2)c2ccccc2n3C2=CC=C(c3ccc4c(c3)-c3cc(-c5ccc(-n6c7ccccc7c7cc(-c8cccc(C=C)c8)ccc76)cc5)ccc3C43c4cc(CCCCCC)ccc4-c4ccc(CCCCCC)cc43)CC2C)c1. The van der Waals surface area contributed by atoms with Gasteiger partial charge in [0.15, 0.2) is 0 Å². The maximum atomic E-state index is 4.05. The molecule has 1 atom stereocenters. The van der Waals surface area contributed by atoms with Crippen LogP contribution in [0.15, 0.2) is 256 Å². The van der Waals surface area contributed by atoms with E-state index in [2.05, 4.69) is 286 Å². The van der Waals surface area contributed by atoms with Gasteiger partial charge in [-0.05, 0) is 222 Å². The van der Waals surface area contributed by atoms with Gasteiger partial charge in [0.1, 0.15) is 0 Å². The number of allylic oxidation sites excluding steroid dienone is 4. The highest BCUT2D eigenvalue weighted by atomic mass is 15.0. The van der Waals surface area contributed by atoms with Crippen molar-refractivity contribution < 1.29 is 0 Å². The smallest absolute Gasteiger partial charge is 0.0725 e. The molecule has 2 aromatic heterocycles. The van der Waals surface area contributed by atoms with E-state index >= 15 is 0 Å². The number of hydrogen-bond donors (Lipinski definition) is 0. The van der Waals surface area contributed by atoms with Crippen molar-refractivity contribution in [1.29, 1.82) is 0 Å². The summed E-state index contributed by atoms with van der Waals surface area (Å²) in [5.74, 6) is 0.264. The second kappa shape index (κ2) is 23.7. The molecule has 3 aliphatic rings. The first-order valence-electron chi connectivity index (χ1n) is 33.9. The zero-order chi connectivity index (χ0) is 62.0. The van der Waals surface area contributed by atoms with Crippen LogP contribution in [0.1, 0.15) is 129 Å². The fraction of sp³-hybridized carbons (Fsp3) is 0.178. The summed E-state index contributed by atoms with van der Waals surface area (Å²) in [5.41, 5.74) is 33.1. The van der Waals surface area contributed by atoms with Gasteiger partial charge in [0.25, 0.3) is 0 Å². The van der Waals surface area contributed by atoms with Crippen LogP contribution in [0.4, 0.5) is 0 Å². The van der Waals surface area contributed by atoms with Crippen LogP contribution < -0.4 is 0 Å². The van der Waals surface area contributed by atoms with Crippen molar-refractivity contribution in [2.45, 2.75) is 96.8 Å². The highest BCUT2D eigenvalue weighted by molar-refractivity contribution is 6.12. The molecule has 0 fully saturated rings. The molecule has 2 heteroatoms. The second-order valence-electron chi connectivity index (χ2n) is 26.4. The quantitative estimate of drug-likeness (QED) is 0.0758. The molecule has 3 aliphatic carbocycles. The summed E-state index contributed by atoms with van der Waals surface area (Å²) in [7, 11) is 0. The highest BCUT2D eigenvalue weighted by Gasteiger charge is 2.52. The van der Waals surface area contributed by atoms with Gasteiger partial charge < -0.3 is 9.13 Å². The first-order valence-corrected chi connectivity index (χ1v) is 33.9. The van der Waals surface area contributed by atoms with E-state index in [9.17, 15) is 0 Å². The minimum Gasteiger partial charge on any atom is -0.313 e. The summed E-state index contributed by atoms with van der Waals surface area (Å²) in [6, 6.07) is 88.7. The van der Waals surface area contributed by atoms with Crippen LogP contribution >= 0.6 is 0 Å². The monoisotopic (exact) mass is 1190 g/mol. The second-order valence-corrected chi connectivity index (χ2v) is 26.4. The van der Waals surface area contributed by atoms with Crippen molar-refractivity contribution in [3.8, 4) is 61.3 Å². The van der Waals surface area contributed by atoms with Crippen molar-refractivity contribution >= 4 is 67.0 Å². The predicted octanol–water partition coefficient (Wildman–Crippen LogP) is 24.7. The fourth-order valence-electron chi connectivity index (χ4n) is 16.3. The molecule has 2 heterocycles. The van der Waals surface area contributed by atoms with Gasteiger partial charge in [-0.3, -0.25) is 0 Å². The zero-order valence-electron chi connectivity index (χ0n) is 53.4. The van der Waals surface area contributed by atoms with E-state index in [-0.39, 0.29) is 5.92 Å². The van der Waals surface area contributed by atoms with Gasteiger partial charge >= 0.3 is 0 Å². The molecule has 11 aromatic carbocycles. The number of unbranched alkanes of at least 4 members (excludes halogenated alkanes) is 6. The van der Waals surface area contributed by atoms with Gasteiger partial charge in [-0.1, -0.05) is 248 Å². The molecule has 16 rings (SSSR count). The lowest BCUT2D eigenvalue weighted by Gasteiger charge is -2.31. The fourth-order valence-corrected chi connectivity index (χ4v) is 16.3. The first kappa shape index (κ1) is 57.2.